The Balaban J connectivity index is 2.52. The molecule has 0 radical (unpaired) electrons. The lowest BCUT2D eigenvalue weighted by molar-refractivity contribution is 0.181. The number of aromatic nitrogens is 2. The number of nitrogen functional groups attached to an aromatic ring is 1. The molecule has 0 spiro atoms. The van der Waals surface area contributed by atoms with Crippen LogP contribution in [-0.4, -0.2) is 17.1 Å². The number of hydrogen-bond acceptors (Lipinski definition) is 4. The number of aryl methyl sites for hydroxylation is 2. The van der Waals surface area contributed by atoms with Crippen molar-refractivity contribution in [3.63, 3.8) is 0 Å². The van der Waals surface area contributed by atoms with Crippen molar-refractivity contribution in [3.8, 4) is 11.4 Å². The van der Waals surface area contributed by atoms with E-state index in [1.54, 1.807) is 13.2 Å². The third-order valence-electron chi connectivity index (χ3n) is 2.79. The normalized spacial score (nSPS) is 10.7. The maximum absolute atomic E-state index is 5.82. The number of hydrogen-bond donors (Lipinski definition) is 1. The molecule has 1 aromatic carbocycles. The van der Waals surface area contributed by atoms with Gasteiger partial charge in [0, 0.05) is 23.2 Å². The number of ether oxygens (including phenoxy) is 1. The minimum absolute atomic E-state index is 0.425. The number of nitrogens with two attached hydrogens (primary N) is 1. The Kier molecular flexibility index (Phi) is 4.17. The Bertz CT molecular complexity index is 591. The lowest BCUT2D eigenvalue weighted by Crippen LogP contribution is -2.01. The van der Waals surface area contributed by atoms with Crippen LogP contribution in [0.4, 0.5) is 5.82 Å². The average Bonchev–Trinajstić information content (AvgIpc) is 2.35. The summed E-state index contributed by atoms with van der Waals surface area (Å²) in [5, 5.41) is 0. The van der Waals surface area contributed by atoms with E-state index in [0.717, 1.165) is 26.9 Å². The van der Waals surface area contributed by atoms with Gasteiger partial charge in [-0.05, 0) is 37.1 Å². The van der Waals surface area contributed by atoms with Gasteiger partial charge in [-0.3, -0.25) is 0 Å². The lowest BCUT2D eigenvalue weighted by Gasteiger charge is -2.09. The van der Waals surface area contributed by atoms with E-state index < -0.39 is 0 Å². The van der Waals surface area contributed by atoms with Crippen LogP contribution in [0.1, 0.15) is 16.8 Å². The molecule has 1 aromatic heterocycles. The van der Waals surface area contributed by atoms with E-state index in [1.807, 2.05) is 26.0 Å². The second-order valence-corrected chi connectivity index (χ2v) is 5.26. The van der Waals surface area contributed by atoms with Gasteiger partial charge >= 0.3 is 0 Å². The minimum Gasteiger partial charge on any atom is -0.384 e. The molecule has 5 heteroatoms. The second kappa shape index (κ2) is 5.67. The summed E-state index contributed by atoms with van der Waals surface area (Å²) in [6, 6.07) is 5.82. The molecule has 0 fully saturated rings. The Morgan fingerprint density at radius 3 is 2.37 bits per heavy atom. The maximum atomic E-state index is 5.82. The van der Waals surface area contributed by atoms with Crippen LogP contribution in [0.2, 0.25) is 0 Å². The van der Waals surface area contributed by atoms with Crippen LogP contribution in [0.3, 0.4) is 0 Å². The van der Waals surface area contributed by atoms with Gasteiger partial charge in [0.05, 0.1) is 12.3 Å². The number of anilines is 1. The highest BCUT2D eigenvalue weighted by Gasteiger charge is 2.09. The van der Waals surface area contributed by atoms with E-state index in [9.17, 15) is 0 Å². The van der Waals surface area contributed by atoms with Gasteiger partial charge < -0.3 is 10.5 Å². The minimum atomic E-state index is 0.425. The fourth-order valence-corrected chi connectivity index (χ4v) is 2.17. The Hall–Kier alpha value is -1.46. The van der Waals surface area contributed by atoms with Crippen LogP contribution < -0.4 is 5.73 Å². The van der Waals surface area contributed by atoms with Crippen molar-refractivity contribution in [2.45, 2.75) is 20.5 Å². The highest BCUT2D eigenvalue weighted by atomic mass is 79.9. The smallest absolute Gasteiger partial charge is 0.161 e. The number of methoxy groups -OCH3 is 1. The first kappa shape index (κ1) is 14.0. The van der Waals surface area contributed by atoms with Gasteiger partial charge in [0.15, 0.2) is 5.82 Å². The topological polar surface area (TPSA) is 61.0 Å². The molecule has 0 unspecified atom stereocenters. The molecular weight excluding hydrogens is 306 g/mol. The van der Waals surface area contributed by atoms with Crippen LogP contribution in [0.5, 0.6) is 0 Å². The summed E-state index contributed by atoms with van der Waals surface area (Å²) in [5.74, 6) is 1.08. The molecule has 0 aliphatic heterocycles. The number of nitrogens with zero attached hydrogens (tertiary/aromatic N) is 2. The molecular formula is C14H16BrN3O. The van der Waals surface area contributed by atoms with Crippen LogP contribution in [0, 0.1) is 13.8 Å². The molecule has 0 aliphatic carbocycles. The SMILES string of the molecule is COCc1cc(N)nc(-c2cc(C)c(Br)c(C)c2)n1. The quantitative estimate of drug-likeness (QED) is 0.942. The first-order valence-corrected chi connectivity index (χ1v) is 6.70. The van der Waals surface area contributed by atoms with E-state index in [4.69, 9.17) is 10.5 Å². The summed E-state index contributed by atoms with van der Waals surface area (Å²) in [6.45, 7) is 4.51. The third kappa shape index (κ3) is 3.11. The molecule has 0 bridgehead atoms. The van der Waals surface area contributed by atoms with Crippen LogP contribution in [0.15, 0.2) is 22.7 Å². The number of benzene rings is 1. The summed E-state index contributed by atoms with van der Waals surface area (Å²) < 4.78 is 6.20. The number of rotatable bonds is 3. The molecule has 1 heterocycles. The standard InChI is InChI=1S/C14H16BrN3O/c1-8-4-10(5-9(2)13(8)15)14-17-11(7-19-3)6-12(16)18-14/h4-6H,7H2,1-3H3,(H2,16,17,18). The highest BCUT2D eigenvalue weighted by molar-refractivity contribution is 9.10. The van der Waals surface area contributed by atoms with Crippen molar-refractivity contribution >= 4 is 21.7 Å². The fourth-order valence-electron chi connectivity index (χ4n) is 1.94. The molecule has 19 heavy (non-hydrogen) atoms. The van der Waals surface area contributed by atoms with Crippen LogP contribution in [-0.2, 0) is 11.3 Å². The lowest BCUT2D eigenvalue weighted by atomic mass is 10.1. The third-order valence-corrected chi connectivity index (χ3v) is 4.04. The van der Waals surface area contributed by atoms with Gasteiger partial charge in [-0.25, -0.2) is 9.97 Å². The van der Waals surface area contributed by atoms with E-state index >= 15 is 0 Å². The van der Waals surface area contributed by atoms with E-state index in [0.29, 0.717) is 18.2 Å². The predicted octanol–water partition coefficient (Wildman–Crippen LogP) is 3.25. The summed E-state index contributed by atoms with van der Waals surface area (Å²) in [7, 11) is 1.63. The molecule has 4 nitrogen and oxygen atoms in total. The number of halogens is 1. The zero-order chi connectivity index (χ0) is 14.0. The van der Waals surface area contributed by atoms with Crippen LogP contribution in [0.25, 0.3) is 11.4 Å². The van der Waals surface area contributed by atoms with Crippen molar-refractivity contribution < 1.29 is 4.74 Å². The maximum Gasteiger partial charge on any atom is 0.161 e. The van der Waals surface area contributed by atoms with Gasteiger partial charge in [-0.1, -0.05) is 15.9 Å². The van der Waals surface area contributed by atoms with Crippen LogP contribution >= 0.6 is 15.9 Å². The summed E-state index contributed by atoms with van der Waals surface area (Å²) in [6.07, 6.45) is 0. The van der Waals surface area contributed by atoms with Gasteiger partial charge in [-0.2, -0.15) is 0 Å². The van der Waals surface area contributed by atoms with Gasteiger partial charge in [0.2, 0.25) is 0 Å². The molecule has 2 N–H and O–H groups in total. The Morgan fingerprint density at radius 1 is 1.16 bits per heavy atom. The molecule has 0 saturated carbocycles. The molecule has 0 atom stereocenters. The second-order valence-electron chi connectivity index (χ2n) is 4.46. The van der Waals surface area contributed by atoms with E-state index in [2.05, 4.69) is 25.9 Å². The van der Waals surface area contributed by atoms with Crippen molar-refractivity contribution in [2.24, 2.45) is 0 Å². The van der Waals surface area contributed by atoms with Gasteiger partial charge in [0.25, 0.3) is 0 Å². The first-order chi connectivity index (χ1) is 9.01. The summed E-state index contributed by atoms with van der Waals surface area (Å²) in [5.41, 5.74) is 9.85. The molecule has 100 valence electrons. The predicted molar refractivity (Wildman–Crippen MR) is 79.8 cm³/mol. The van der Waals surface area contributed by atoms with E-state index in [1.165, 1.54) is 0 Å². The molecule has 0 aliphatic rings. The molecule has 0 amide bonds. The monoisotopic (exact) mass is 321 g/mol. The zero-order valence-corrected chi connectivity index (χ0v) is 12.8. The molecule has 2 rings (SSSR count). The van der Waals surface area contributed by atoms with Crippen molar-refractivity contribution in [3.05, 3.63) is 39.5 Å². The Morgan fingerprint density at radius 2 is 1.79 bits per heavy atom. The van der Waals surface area contributed by atoms with E-state index in [-0.39, 0.29) is 0 Å². The molecule has 2 aromatic rings. The fraction of sp³-hybridized carbons (Fsp3) is 0.286. The van der Waals surface area contributed by atoms with Crippen molar-refractivity contribution in [1.29, 1.82) is 0 Å². The van der Waals surface area contributed by atoms with Gasteiger partial charge in [0.1, 0.15) is 5.82 Å². The Labute approximate surface area is 121 Å². The van der Waals surface area contributed by atoms with Gasteiger partial charge in [-0.15, -0.1) is 0 Å². The average molecular weight is 322 g/mol. The van der Waals surface area contributed by atoms with Crippen molar-refractivity contribution in [2.75, 3.05) is 12.8 Å². The largest absolute Gasteiger partial charge is 0.384 e. The van der Waals surface area contributed by atoms with Crippen molar-refractivity contribution in [1.82, 2.24) is 9.97 Å². The summed E-state index contributed by atoms with van der Waals surface area (Å²) >= 11 is 3.55. The highest BCUT2D eigenvalue weighted by Crippen LogP contribution is 2.27. The zero-order valence-electron chi connectivity index (χ0n) is 11.2. The molecule has 0 saturated heterocycles. The first-order valence-electron chi connectivity index (χ1n) is 5.90. The summed E-state index contributed by atoms with van der Waals surface area (Å²) in [4.78, 5) is 8.77.